The highest BCUT2D eigenvalue weighted by Crippen LogP contribution is 2.33. The summed E-state index contributed by atoms with van der Waals surface area (Å²) in [6.45, 7) is 0. The first-order valence-electron chi connectivity index (χ1n) is 7.31. The van der Waals surface area contributed by atoms with Crippen LogP contribution in [0.5, 0.6) is 0 Å². The van der Waals surface area contributed by atoms with Crippen LogP contribution in [0.1, 0.15) is 37.7 Å². The van der Waals surface area contributed by atoms with Crippen LogP contribution in [0.3, 0.4) is 0 Å². The summed E-state index contributed by atoms with van der Waals surface area (Å²) in [5, 5.41) is 9.55. The first-order chi connectivity index (χ1) is 10.4. The van der Waals surface area contributed by atoms with Crippen molar-refractivity contribution in [2.75, 3.05) is 7.05 Å². The summed E-state index contributed by atoms with van der Waals surface area (Å²) >= 11 is 0. The maximum absolute atomic E-state index is 13.2. The van der Waals surface area contributed by atoms with E-state index in [1.165, 1.54) is 18.0 Å². The summed E-state index contributed by atoms with van der Waals surface area (Å²) in [7, 11) is 1.47. The first kappa shape index (κ1) is 16.4. The van der Waals surface area contributed by atoms with Crippen LogP contribution in [0, 0.1) is 11.6 Å². The normalized spacial score (nSPS) is 17.0. The Balaban J connectivity index is 2.16. The fourth-order valence-corrected chi connectivity index (χ4v) is 3.01. The molecule has 0 aromatic heterocycles. The number of halogens is 2. The molecule has 1 aliphatic rings. The maximum atomic E-state index is 13.2. The number of carbonyl (C=O) groups is 2. The molecule has 0 aliphatic heterocycles. The molecule has 22 heavy (non-hydrogen) atoms. The molecule has 6 heteroatoms. The standard InChI is InChI=1S/C16H19F2NO3/c1-19(16(15(21)22)7-3-2-4-8-16)14(20)10-11-5-6-12(17)13(18)9-11/h5-6,9H,2-4,7-8,10H2,1H3,(H,21,22). The highest BCUT2D eigenvalue weighted by Gasteiger charge is 2.45. The van der Waals surface area contributed by atoms with Crippen LogP contribution < -0.4 is 0 Å². The average Bonchev–Trinajstić information content (AvgIpc) is 2.50. The number of nitrogens with zero attached hydrogens (tertiary/aromatic N) is 1. The molecule has 1 fully saturated rings. The molecule has 0 radical (unpaired) electrons. The molecule has 1 amide bonds. The maximum Gasteiger partial charge on any atom is 0.329 e. The second-order valence-corrected chi connectivity index (χ2v) is 5.78. The van der Waals surface area contributed by atoms with Gasteiger partial charge in [0.2, 0.25) is 5.91 Å². The lowest BCUT2D eigenvalue weighted by Gasteiger charge is -2.41. The van der Waals surface area contributed by atoms with Crippen LogP contribution in [0.25, 0.3) is 0 Å². The number of carbonyl (C=O) groups excluding carboxylic acids is 1. The number of benzene rings is 1. The molecule has 2 rings (SSSR count). The van der Waals surface area contributed by atoms with Crippen molar-refractivity contribution in [2.45, 2.75) is 44.1 Å². The molecule has 1 N–H and O–H groups in total. The molecular weight excluding hydrogens is 292 g/mol. The lowest BCUT2D eigenvalue weighted by molar-refractivity contribution is -0.160. The molecule has 0 bridgehead atoms. The summed E-state index contributed by atoms with van der Waals surface area (Å²) in [5.41, 5.74) is -0.861. The van der Waals surface area contributed by atoms with E-state index in [0.717, 1.165) is 31.4 Å². The molecule has 1 aliphatic carbocycles. The average molecular weight is 311 g/mol. The third-order valence-corrected chi connectivity index (χ3v) is 4.43. The zero-order valence-corrected chi connectivity index (χ0v) is 12.4. The van der Waals surface area contributed by atoms with Crippen molar-refractivity contribution < 1.29 is 23.5 Å². The zero-order chi connectivity index (χ0) is 16.3. The molecule has 0 saturated heterocycles. The van der Waals surface area contributed by atoms with Crippen LogP contribution in [-0.4, -0.2) is 34.5 Å². The number of hydrogen-bond donors (Lipinski definition) is 1. The van der Waals surface area contributed by atoms with Crippen molar-refractivity contribution in [3.05, 3.63) is 35.4 Å². The Morgan fingerprint density at radius 1 is 1.18 bits per heavy atom. The number of aliphatic carboxylic acids is 1. The van der Waals surface area contributed by atoms with Gasteiger partial charge in [0.25, 0.3) is 0 Å². The largest absolute Gasteiger partial charge is 0.479 e. The lowest BCUT2D eigenvalue weighted by Crippen LogP contribution is -2.56. The topological polar surface area (TPSA) is 57.6 Å². The van der Waals surface area contributed by atoms with Crippen molar-refractivity contribution in [1.82, 2.24) is 4.90 Å². The molecule has 1 aromatic rings. The van der Waals surface area contributed by atoms with Gasteiger partial charge in [0, 0.05) is 7.05 Å². The highest BCUT2D eigenvalue weighted by molar-refractivity contribution is 5.88. The van der Waals surface area contributed by atoms with Crippen LogP contribution in [-0.2, 0) is 16.0 Å². The summed E-state index contributed by atoms with van der Waals surface area (Å²) in [6, 6.07) is 3.26. The van der Waals surface area contributed by atoms with Gasteiger partial charge in [0.05, 0.1) is 6.42 Å². The predicted molar refractivity (Wildman–Crippen MR) is 76.3 cm³/mol. The molecule has 1 saturated carbocycles. The van der Waals surface area contributed by atoms with Gasteiger partial charge < -0.3 is 10.0 Å². The second kappa shape index (κ2) is 6.42. The Morgan fingerprint density at radius 2 is 1.82 bits per heavy atom. The van der Waals surface area contributed by atoms with Crippen molar-refractivity contribution in [3.8, 4) is 0 Å². The number of carboxylic acid groups (broad SMARTS) is 1. The monoisotopic (exact) mass is 311 g/mol. The number of likely N-dealkylation sites (N-methyl/N-ethyl adjacent to an activating group) is 1. The summed E-state index contributed by atoms with van der Waals surface area (Å²) < 4.78 is 26.1. The van der Waals surface area contributed by atoms with Crippen LogP contribution in [0.4, 0.5) is 8.78 Å². The smallest absolute Gasteiger partial charge is 0.329 e. The fourth-order valence-electron chi connectivity index (χ4n) is 3.01. The van der Waals surface area contributed by atoms with Gasteiger partial charge in [-0.25, -0.2) is 13.6 Å². The van der Waals surface area contributed by atoms with Gasteiger partial charge in [-0.1, -0.05) is 25.3 Å². The molecule has 0 spiro atoms. The molecule has 4 nitrogen and oxygen atoms in total. The Morgan fingerprint density at radius 3 is 2.36 bits per heavy atom. The van der Waals surface area contributed by atoms with Gasteiger partial charge >= 0.3 is 5.97 Å². The SMILES string of the molecule is CN(C(=O)Cc1ccc(F)c(F)c1)C1(C(=O)O)CCCCC1. The summed E-state index contributed by atoms with van der Waals surface area (Å²) in [5.74, 6) is -3.40. The minimum atomic E-state index is -1.19. The molecule has 0 atom stereocenters. The molecular formula is C16H19F2NO3. The van der Waals surface area contributed by atoms with Crippen molar-refractivity contribution in [1.29, 1.82) is 0 Å². The first-order valence-corrected chi connectivity index (χ1v) is 7.31. The van der Waals surface area contributed by atoms with E-state index in [-0.39, 0.29) is 6.42 Å². The van der Waals surface area contributed by atoms with Gasteiger partial charge in [-0.3, -0.25) is 4.79 Å². The third-order valence-electron chi connectivity index (χ3n) is 4.43. The summed E-state index contributed by atoms with van der Waals surface area (Å²) in [4.78, 5) is 25.3. The Labute approximate surface area is 127 Å². The lowest BCUT2D eigenvalue weighted by atomic mass is 9.80. The zero-order valence-electron chi connectivity index (χ0n) is 12.4. The van der Waals surface area contributed by atoms with Crippen LogP contribution in [0.2, 0.25) is 0 Å². The van der Waals surface area contributed by atoms with E-state index in [2.05, 4.69) is 0 Å². The van der Waals surface area contributed by atoms with E-state index >= 15 is 0 Å². The predicted octanol–water partition coefficient (Wildman–Crippen LogP) is 2.75. The number of amides is 1. The molecule has 1 aromatic carbocycles. The van der Waals surface area contributed by atoms with E-state index in [1.807, 2.05) is 0 Å². The van der Waals surface area contributed by atoms with Gasteiger partial charge in [-0.2, -0.15) is 0 Å². The van der Waals surface area contributed by atoms with E-state index in [9.17, 15) is 23.5 Å². The van der Waals surface area contributed by atoms with Crippen LogP contribution in [0.15, 0.2) is 18.2 Å². The number of rotatable bonds is 4. The summed E-state index contributed by atoms with van der Waals surface area (Å²) in [6.07, 6.45) is 3.16. The van der Waals surface area contributed by atoms with E-state index in [0.29, 0.717) is 18.4 Å². The van der Waals surface area contributed by atoms with E-state index in [1.54, 1.807) is 0 Å². The van der Waals surface area contributed by atoms with Gasteiger partial charge in [-0.15, -0.1) is 0 Å². The van der Waals surface area contributed by atoms with Gasteiger partial charge in [0.1, 0.15) is 5.54 Å². The Bertz CT molecular complexity index is 583. The minimum Gasteiger partial charge on any atom is -0.479 e. The van der Waals surface area contributed by atoms with E-state index in [4.69, 9.17) is 0 Å². The molecule has 0 unspecified atom stereocenters. The van der Waals surface area contributed by atoms with Crippen molar-refractivity contribution >= 4 is 11.9 Å². The Kier molecular flexibility index (Phi) is 4.78. The second-order valence-electron chi connectivity index (χ2n) is 5.78. The minimum absolute atomic E-state index is 0.150. The third kappa shape index (κ3) is 3.10. The van der Waals surface area contributed by atoms with Gasteiger partial charge in [0.15, 0.2) is 11.6 Å². The molecule has 120 valence electrons. The van der Waals surface area contributed by atoms with Crippen LogP contribution >= 0.6 is 0 Å². The number of carboxylic acids is 1. The fraction of sp³-hybridized carbons (Fsp3) is 0.500. The van der Waals surface area contributed by atoms with E-state index < -0.39 is 29.0 Å². The molecule has 0 heterocycles. The highest BCUT2D eigenvalue weighted by atomic mass is 19.2. The quantitative estimate of drug-likeness (QED) is 0.930. The van der Waals surface area contributed by atoms with Gasteiger partial charge in [-0.05, 0) is 30.5 Å². The number of hydrogen-bond acceptors (Lipinski definition) is 2. The van der Waals surface area contributed by atoms with Crippen molar-refractivity contribution in [2.24, 2.45) is 0 Å². The van der Waals surface area contributed by atoms with Crippen molar-refractivity contribution in [3.63, 3.8) is 0 Å². The Hall–Kier alpha value is -1.98.